The number of fused-ring (bicyclic) bond motifs is 6. The summed E-state index contributed by atoms with van der Waals surface area (Å²) in [5, 5.41) is 4.74. The van der Waals surface area contributed by atoms with Gasteiger partial charge in [0.1, 0.15) is 5.82 Å². The van der Waals surface area contributed by atoms with E-state index in [1.165, 1.54) is 21.5 Å². The molecule has 156 valence electrons. The molecule has 0 atom stereocenters. The highest BCUT2D eigenvalue weighted by molar-refractivity contribution is 6.10. The minimum absolute atomic E-state index is 0.622. The van der Waals surface area contributed by atoms with Gasteiger partial charge in [0.05, 0.1) is 22.1 Å². The Morgan fingerprint density at radius 1 is 0.424 bits per heavy atom. The van der Waals surface area contributed by atoms with Crippen LogP contribution in [0.15, 0.2) is 97.1 Å². The lowest BCUT2D eigenvalue weighted by Gasteiger charge is -2.11. The van der Waals surface area contributed by atoms with Crippen molar-refractivity contribution in [1.29, 1.82) is 0 Å². The summed E-state index contributed by atoms with van der Waals surface area (Å²) in [7, 11) is 0. The monoisotopic (exact) mass is 425 g/mol. The van der Waals surface area contributed by atoms with E-state index in [0.29, 0.717) is 17.7 Å². The molecule has 7 aromatic rings. The predicted molar refractivity (Wildman–Crippen MR) is 133 cm³/mol. The van der Waals surface area contributed by atoms with Crippen LogP contribution in [0.5, 0.6) is 0 Å². The maximum Gasteiger partial charge on any atom is 0.239 e. The van der Waals surface area contributed by atoms with Gasteiger partial charge in [-0.25, -0.2) is 0 Å². The van der Waals surface area contributed by atoms with E-state index in [2.05, 4.69) is 106 Å². The molecule has 0 radical (unpaired) electrons. The number of hydrogen-bond acceptors (Lipinski definition) is 3. The first kappa shape index (κ1) is 18.1. The molecule has 0 aliphatic heterocycles. The zero-order valence-corrected chi connectivity index (χ0v) is 18.0. The highest BCUT2D eigenvalue weighted by Gasteiger charge is 2.18. The third-order valence-corrected chi connectivity index (χ3v) is 6.28. The SMILES string of the molecule is Cc1nc(-n2c3ccccc3c3ccccc32)nc(-n2c3ccccc3c3ccccc32)n1. The van der Waals surface area contributed by atoms with Crippen LogP contribution in [0.25, 0.3) is 55.5 Å². The van der Waals surface area contributed by atoms with Gasteiger partial charge < -0.3 is 0 Å². The average molecular weight is 425 g/mol. The van der Waals surface area contributed by atoms with Crippen molar-refractivity contribution >= 4 is 43.6 Å². The minimum Gasteiger partial charge on any atom is -0.278 e. The van der Waals surface area contributed by atoms with Crippen LogP contribution in [-0.4, -0.2) is 24.1 Å². The molecular formula is C28H19N5. The van der Waals surface area contributed by atoms with Crippen molar-refractivity contribution < 1.29 is 0 Å². The zero-order chi connectivity index (χ0) is 21.9. The summed E-state index contributed by atoms with van der Waals surface area (Å²) in [6.45, 7) is 1.93. The van der Waals surface area contributed by atoms with Gasteiger partial charge in [-0.2, -0.15) is 15.0 Å². The number of nitrogens with zero attached hydrogens (tertiary/aromatic N) is 5. The van der Waals surface area contributed by atoms with E-state index in [9.17, 15) is 0 Å². The minimum atomic E-state index is 0.622. The van der Waals surface area contributed by atoms with Gasteiger partial charge in [0.2, 0.25) is 11.9 Å². The molecule has 0 N–H and O–H groups in total. The maximum absolute atomic E-state index is 5.02. The second-order valence-corrected chi connectivity index (χ2v) is 8.22. The van der Waals surface area contributed by atoms with Crippen LogP contribution in [0.2, 0.25) is 0 Å². The maximum atomic E-state index is 5.02. The lowest BCUT2D eigenvalue weighted by molar-refractivity contribution is 0.855. The molecule has 4 aromatic carbocycles. The van der Waals surface area contributed by atoms with Gasteiger partial charge in [-0.3, -0.25) is 9.13 Å². The molecule has 0 amide bonds. The molecule has 0 fully saturated rings. The predicted octanol–water partition coefficient (Wildman–Crippen LogP) is 6.37. The van der Waals surface area contributed by atoms with Crippen molar-refractivity contribution in [1.82, 2.24) is 24.1 Å². The summed E-state index contributed by atoms with van der Waals surface area (Å²) in [6.07, 6.45) is 0. The van der Waals surface area contributed by atoms with Gasteiger partial charge in [0.15, 0.2) is 0 Å². The van der Waals surface area contributed by atoms with E-state index in [-0.39, 0.29) is 0 Å². The first-order chi connectivity index (χ1) is 16.3. The molecule has 5 nitrogen and oxygen atoms in total. The highest BCUT2D eigenvalue weighted by Crippen LogP contribution is 2.33. The van der Waals surface area contributed by atoms with E-state index in [0.717, 1.165) is 22.1 Å². The Morgan fingerprint density at radius 3 is 1.06 bits per heavy atom. The Hall–Kier alpha value is -4.51. The molecule has 0 aliphatic carbocycles. The number of hydrogen-bond donors (Lipinski definition) is 0. The summed E-state index contributed by atoms with van der Waals surface area (Å²) < 4.78 is 4.27. The van der Waals surface area contributed by atoms with Crippen LogP contribution in [-0.2, 0) is 0 Å². The van der Waals surface area contributed by atoms with E-state index < -0.39 is 0 Å². The zero-order valence-electron chi connectivity index (χ0n) is 18.0. The van der Waals surface area contributed by atoms with Crippen molar-refractivity contribution in [3.05, 3.63) is 103 Å². The molecule has 33 heavy (non-hydrogen) atoms. The number of rotatable bonds is 2. The van der Waals surface area contributed by atoms with Gasteiger partial charge in [0.25, 0.3) is 0 Å². The van der Waals surface area contributed by atoms with Crippen LogP contribution < -0.4 is 0 Å². The summed E-state index contributed by atoms with van der Waals surface area (Å²) in [5.74, 6) is 1.92. The topological polar surface area (TPSA) is 48.5 Å². The fourth-order valence-corrected chi connectivity index (χ4v) is 4.93. The fourth-order valence-electron chi connectivity index (χ4n) is 4.93. The van der Waals surface area contributed by atoms with Crippen molar-refractivity contribution in [2.24, 2.45) is 0 Å². The van der Waals surface area contributed by atoms with Crippen molar-refractivity contribution in [2.45, 2.75) is 6.92 Å². The Labute approximate surface area is 189 Å². The summed E-state index contributed by atoms with van der Waals surface area (Å²) in [6, 6.07) is 33.6. The second-order valence-electron chi connectivity index (χ2n) is 8.22. The lowest BCUT2D eigenvalue weighted by atomic mass is 10.2. The molecule has 5 heteroatoms. The van der Waals surface area contributed by atoms with Gasteiger partial charge in [-0.1, -0.05) is 72.8 Å². The number of aryl methyl sites for hydroxylation is 1. The third-order valence-electron chi connectivity index (χ3n) is 6.28. The van der Waals surface area contributed by atoms with E-state index in [4.69, 9.17) is 15.0 Å². The summed E-state index contributed by atoms with van der Waals surface area (Å²) >= 11 is 0. The van der Waals surface area contributed by atoms with E-state index >= 15 is 0 Å². The van der Waals surface area contributed by atoms with Crippen molar-refractivity contribution in [3.63, 3.8) is 0 Å². The third kappa shape index (κ3) is 2.56. The Bertz CT molecular complexity index is 1600. The van der Waals surface area contributed by atoms with Crippen molar-refractivity contribution in [2.75, 3.05) is 0 Å². The highest BCUT2D eigenvalue weighted by atomic mass is 15.3. The molecule has 0 spiro atoms. The lowest BCUT2D eigenvalue weighted by Crippen LogP contribution is -2.10. The summed E-state index contributed by atoms with van der Waals surface area (Å²) in [4.78, 5) is 14.6. The van der Waals surface area contributed by atoms with Crippen LogP contribution >= 0.6 is 0 Å². The quantitative estimate of drug-likeness (QED) is 0.323. The largest absolute Gasteiger partial charge is 0.278 e. The van der Waals surface area contributed by atoms with Gasteiger partial charge >= 0.3 is 0 Å². The standard InChI is InChI=1S/C28H19N5/c1-18-29-27(32-23-14-6-2-10-19(23)20-11-3-7-15-24(20)32)31-28(30-18)33-25-16-8-4-12-21(25)22-13-5-9-17-26(22)33/h2-17H,1H3. The normalized spacial score (nSPS) is 11.8. The van der Waals surface area contributed by atoms with Crippen molar-refractivity contribution in [3.8, 4) is 11.9 Å². The van der Waals surface area contributed by atoms with Crippen LogP contribution in [0, 0.1) is 6.92 Å². The second kappa shape index (κ2) is 6.74. The molecule has 7 rings (SSSR count). The van der Waals surface area contributed by atoms with Crippen LogP contribution in [0.3, 0.4) is 0 Å². The Kier molecular flexibility index (Phi) is 3.70. The molecular weight excluding hydrogens is 406 g/mol. The van der Waals surface area contributed by atoms with Gasteiger partial charge in [0, 0.05) is 21.5 Å². The molecule has 3 heterocycles. The van der Waals surface area contributed by atoms with Gasteiger partial charge in [-0.05, 0) is 31.2 Å². The van der Waals surface area contributed by atoms with Crippen LogP contribution in [0.1, 0.15) is 5.82 Å². The first-order valence-corrected chi connectivity index (χ1v) is 11.0. The molecule has 0 saturated carbocycles. The Morgan fingerprint density at radius 2 is 0.727 bits per heavy atom. The van der Waals surface area contributed by atoms with Crippen LogP contribution in [0.4, 0.5) is 0 Å². The molecule has 0 aliphatic rings. The number of aromatic nitrogens is 5. The number of benzene rings is 4. The molecule has 3 aromatic heterocycles. The summed E-state index contributed by atoms with van der Waals surface area (Å²) in [5.41, 5.74) is 4.32. The van der Waals surface area contributed by atoms with E-state index in [1.54, 1.807) is 0 Å². The Balaban J connectivity index is 1.58. The smallest absolute Gasteiger partial charge is 0.239 e. The molecule has 0 bridgehead atoms. The molecule has 0 saturated heterocycles. The fraction of sp³-hybridized carbons (Fsp3) is 0.0357. The van der Waals surface area contributed by atoms with Gasteiger partial charge in [-0.15, -0.1) is 0 Å². The van der Waals surface area contributed by atoms with E-state index in [1.807, 2.05) is 6.92 Å². The average Bonchev–Trinajstić information content (AvgIpc) is 3.37. The number of para-hydroxylation sites is 4. The molecule has 0 unspecified atom stereocenters. The first-order valence-electron chi connectivity index (χ1n) is 11.0.